The predicted molar refractivity (Wildman–Crippen MR) is 97.3 cm³/mol. The summed E-state index contributed by atoms with van der Waals surface area (Å²) in [5.41, 5.74) is 1.71. The standard InChI is InChI=1S/C20H20O3S/c1-20(2,3)19(22)23-16-10-6-14-7-11-17(24-18(14)12-16)13-4-8-15(21)9-5-13/h4-12,17,21H,1-3H3. The molecule has 1 N–H and O–H groups in total. The Bertz CT molecular complexity index is 786. The van der Waals surface area contributed by atoms with Crippen LogP contribution in [0.15, 0.2) is 53.4 Å². The second-order valence-electron chi connectivity index (χ2n) is 6.83. The highest BCUT2D eigenvalue weighted by atomic mass is 32.2. The van der Waals surface area contributed by atoms with E-state index in [1.165, 1.54) is 0 Å². The number of benzene rings is 2. The first kappa shape index (κ1) is 16.7. The normalized spacial score (nSPS) is 16.5. The molecular formula is C20H20O3S. The molecule has 0 spiro atoms. The summed E-state index contributed by atoms with van der Waals surface area (Å²) in [4.78, 5) is 13.1. The van der Waals surface area contributed by atoms with Gasteiger partial charge >= 0.3 is 5.97 Å². The second kappa shape index (κ2) is 6.36. The average Bonchev–Trinajstić information content (AvgIpc) is 2.54. The second-order valence-corrected chi connectivity index (χ2v) is 8.01. The summed E-state index contributed by atoms with van der Waals surface area (Å²) < 4.78 is 5.49. The van der Waals surface area contributed by atoms with Crippen molar-refractivity contribution in [2.75, 3.05) is 0 Å². The number of ether oxygens (including phenoxy) is 1. The van der Waals surface area contributed by atoms with Crippen LogP contribution in [0.3, 0.4) is 0 Å². The number of carbonyl (C=O) groups excluding carboxylic acids is 1. The number of fused-ring (bicyclic) bond motifs is 1. The van der Waals surface area contributed by atoms with Crippen molar-refractivity contribution in [3.05, 3.63) is 59.7 Å². The van der Waals surface area contributed by atoms with Gasteiger partial charge in [-0.25, -0.2) is 0 Å². The van der Waals surface area contributed by atoms with Gasteiger partial charge in [-0.05, 0) is 56.2 Å². The van der Waals surface area contributed by atoms with Gasteiger partial charge in [0.1, 0.15) is 11.5 Å². The first-order chi connectivity index (χ1) is 11.3. The van der Waals surface area contributed by atoms with Gasteiger partial charge in [-0.15, -0.1) is 11.8 Å². The Labute approximate surface area is 146 Å². The van der Waals surface area contributed by atoms with Crippen molar-refractivity contribution >= 4 is 23.8 Å². The van der Waals surface area contributed by atoms with Gasteiger partial charge in [0.15, 0.2) is 0 Å². The van der Waals surface area contributed by atoms with Crippen LogP contribution in [0.5, 0.6) is 11.5 Å². The maximum absolute atomic E-state index is 12.1. The van der Waals surface area contributed by atoms with Crippen molar-refractivity contribution < 1.29 is 14.6 Å². The average molecular weight is 340 g/mol. The number of hydrogen-bond acceptors (Lipinski definition) is 4. The molecular weight excluding hydrogens is 320 g/mol. The zero-order valence-electron chi connectivity index (χ0n) is 13.9. The Morgan fingerprint density at radius 1 is 1.12 bits per heavy atom. The predicted octanol–water partition coefficient (Wildman–Crippen LogP) is 5.20. The number of phenolic OH excluding ortho intramolecular Hbond substituents is 1. The van der Waals surface area contributed by atoms with Gasteiger partial charge in [-0.2, -0.15) is 0 Å². The fraction of sp³-hybridized carbons (Fsp3) is 0.250. The van der Waals surface area contributed by atoms with E-state index in [1.807, 2.05) is 51.1 Å². The molecule has 1 heterocycles. The molecule has 3 rings (SSSR count). The highest BCUT2D eigenvalue weighted by molar-refractivity contribution is 7.99. The van der Waals surface area contributed by atoms with Gasteiger partial charge in [-0.1, -0.05) is 30.4 Å². The highest BCUT2D eigenvalue weighted by Crippen LogP contribution is 2.44. The molecule has 3 nitrogen and oxygen atoms in total. The molecule has 0 radical (unpaired) electrons. The van der Waals surface area contributed by atoms with Crippen LogP contribution >= 0.6 is 11.8 Å². The van der Waals surface area contributed by atoms with Gasteiger partial charge in [0.2, 0.25) is 0 Å². The van der Waals surface area contributed by atoms with Gasteiger partial charge < -0.3 is 9.84 Å². The summed E-state index contributed by atoms with van der Waals surface area (Å²) >= 11 is 1.70. The van der Waals surface area contributed by atoms with E-state index >= 15 is 0 Å². The monoisotopic (exact) mass is 340 g/mol. The molecule has 0 aromatic heterocycles. The van der Waals surface area contributed by atoms with Crippen molar-refractivity contribution in [2.24, 2.45) is 5.41 Å². The summed E-state index contributed by atoms with van der Waals surface area (Å²) in [5.74, 6) is 0.593. The van der Waals surface area contributed by atoms with Crippen molar-refractivity contribution in [1.29, 1.82) is 0 Å². The van der Waals surface area contributed by atoms with E-state index in [0.717, 1.165) is 16.0 Å². The molecule has 0 amide bonds. The van der Waals surface area contributed by atoms with E-state index in [1.54, 1.807) is 23.9 Å². The molecule has 1 unspecified atom stereocenters. The minimum absolute atomic E-state index is 0.173. The number of phenols is 1. The molecule has 2 aromatic rings. The fourth-order valence-electron chi connectivity index (χ4n) is 2.29. The molecule has 1 aliphatic heterocycles. The summed E-state index contributed by atoms with van der Waals surface area (Å²) in [5, 5.41) is 9.60. The minimum Gasteiger partial charge on any atom is -0.508 e. The quantitative estimate of drug-likeness (QED) is 0.602. The lowest BCUT2D eigenvalue weighted by Crippen LogP contribution is -2.25. The number of rotatable bonds is 2. The Balaban J connectivity index is 1.81. The van der Waals surface area contributed by atoms with E-state index < -0.39 is 5.41 Å². The lowest BCUT2D eigenvalue weighted by Gasteiger charge is -2.21. The zero-order chi connectivity index (χ0) is 17.3. The summed E-state index contributed by atoms with van der Waals surface area (Å²) in [6.45, 7) is 5.52. The molecule has 0 aliphatic carbocycles. The summed E-state index contributed by atoms with van der Waals surface area (Å²) in [6, 6.07) is 12.9. The smallest absolute Gasteiger partial charge is 0.316 e. The van der Waals surface area contributed by atoms with Crippen LogP contribution < -0.4 is 4.74 Å². The van der Waals surface area contributed by atoms with Crippen LogP contribution in [0.2, 0.25) is 0 Å². The summed E-state index contributed by atoms with van der Waals surface area (Å²) in [6.07, 6.45) is 4.22. The van der Waals surface area contributed by atoms with E-state index in [2.05, 4.69) is 12.2 Å². The Morgan fingerprint density at radius 3 is 2.50 bits per heavy atom. The molecule has 1 aliphatic rings. The zero-order valence-corrected chi connectivity index (χ0v) is 14.8. The first-order valence-electron chi connectivity index (χ1n) is 7.83. The largest absolute Gasteiger partial charge is 0.508 e. The third-order valence-corrected chi connectivity index (χ3v) is 5.02. The fourth-order valence-corrected chi connectivity index (χ4v) is 3.47. The van der Waals surface area contributed by atoms with Gasteiger partial charge in [0.25, 0.3) is 0 Å². The highest BCUT2D eigenvalue weighted by Gasteiger charge is 2.24. The maximum atomic E-state index is 12.1. The van der Waals surface area contributed by atoms with Gasteiger partial charge in [-0.3, -0.25) is 4.79 Å². The number of hydrogen-bond donors (Lipinski definition) is 1. The molecule has 0 saturated carbocycles. The first-order valence-corrected chi connectivity index (χ1v) is 8.71. The SMILES string of the molecule is CC(C)(C)C(=O)Oc1ccc2c(c1)SC(c1ccc(O)cc1)C=C2. The number of aromatic hydroxyl groups is 1. The Kier molecular flexibility index (Phi) is 4.41. The topological polar surface area (TPSA) is 46.5 Å². The lowest BCUT2D eigenvalue weighted by atomic mass is 9.97. The van der Waals surface area contributed by atoms with Crippen molar-refractivity contribution in [3.63, 3.8) is 0 Å². The molecule has 2 aromatic carbocycles. The van der Waals surface area contributed by atoms with E-state index in [0.29, 0.717) is 5.75 Å². The van der Waals surface area contributed by atoms with Crippen molar-refractivity contribution in [1.82, 2.24) is 0 Å². The van der Waals surface area contributed by atoms with Crippen LogP contribution in [0.1, 0.15) is 37.1 Å². The van der Waals surface area contributed by atoms with Crippen molar-refractivity contribution in [3.8, 4) is 11.5 Å². The van der Waals surface area contributed by atoms with E-state index in [9.17, 15) is 9.90 Å². The maximum Gasteiger partial charge on any atom is 0.316 e. The van der Waals surface area contributed by atoms with Crippen LogP contribution in [0.4, 0.5) is 0 Å². The molecule has 1 atom stereocenters. The van der Waals surface area contributed by atoms with Crippen LogP contribution in [0, 0.1) is 5.41 Å². The number of thioether (sulfide) groups is 1. The van der Waals surface area contributed by atoms with Crippen LogP contribution in [-0.2, 0) is 4.79 Å². The van der Waals surface area contributed by atoms with Gasteiger partial charge in [0.05, 0.1) is 10.7 Å². The molecule has 0 fully saturated rings. The van der Waals surface area contributed by atoms with Gasteiger partial charge in [0, 0.05) is 4.90 Å². The molecule has 0 saturated heterocycles. The third kappa shape index (κ3) is 3.65. The molecule has 24 heavy (non-hydrogen) atoms. The molecule has 4 heteroatoms. The van der Waals surface area contributed by atoms with Crippen LogP contribution in [-0.4, -0.2) is 11.1 Å². The Hall–Kier alpha value is -2.20. The summed E-state index contributed by atoms with van der Waals surface area (Å²) in [7, 11) is 0. The number of esters is 1. The molecule has 124 valence electrons. The van der Waals surface area contributed by atoms with E-state index in [4.69, 9.17) is 4.74 Å². The molecule has 0 bridgehead atoms. The van der Waals surface area contributed by atoms with Crippen LogP contribution in [0.25, 0.3) is 6.08 Å². The van der Waals surface area contributed by atoms with Crippen molar-refractivity contribution in [2.45, 2.75) is 30.9 Å². The third-order valence-electron chi connectivity index (χ3n) is 3.73. The minimum atomic E-state index is -0.530. The Morgan fingerprint density at radius 2 is 1.83 bits per heavy atom. The lowest BCUT2D eigenvalue weighted by molar-refractivity contribution is -0.143. The number of carbonyl (C=O) groups is 1. The van der Waals surface area contributed by atoms with E-state index in [-0.39, 0.29) is 17.0 Å².